The Hall–Kier alpha value is -2.29. The Balaban J connectivity index is 1.78. The molecule has 0 unspecified atom stereocenters. The molecule has 1 N–H and O–H groups in total. The van der Waals surface area contributed by atoms with E-state index in [4.69, 9.17) is 0 Å². The van der Waals surface area contributed by atoms with Crippen molar-refractivity contribution in [2.45, 2.75) is 24.2 Å². The Kier molecular flexibility index (Phi) is 4.61. The van der Waals surface area contributed by atoms with E-state index in [-0.39, 0.29) is 5.69 Å². The van der Waals surface area contributed by atoms with Crippen molar-refractivity contribution in [2.24, 2.45) is 0 Å². The Morgan fingerprint density at radius 1 is 1.04 bits per heavy atom. The van der Waals surface area contributed by atoms with Crippen LogP contribution in [0.4, 0.5) is 20.4 Å². The molecular formula is C15H16F2N4O2S. The lowest BCUT2D eigenvalue weighted by molar-refractivity contribution is 0.555. The number of nitrogens with zero attached hydrogens (tertiary/aromatic N) is 3. The molecule has 0 amide bonds. The summed E-state index contributed by atoms with van der Waals surface area (Å²) in [7, 11) is -4.26. The number of sulfonamides is 1. The van der Waals surface area contributed by atoms with Gasteiger partial charge in [0.25, 0.3) is 10.0 Å². The molecule has 1 saturated heterocycles. The molecule has 0 atom stereocenters. The second kappa shape index (κ2) is 6.68. The number of halogens is 2. The summed E-state index contributed by atoms with van der Waals surface area (Å²) in [6, 6.07) is 2.24. The summed E-state index contributed by atoms with van der Waals surface area (Å²) in [6.07, 6.45) is 5.93. The van der Waals surface area contributed by atoms with Gasteiger partial charge in [-0.15, -0.1) is 0 Å². The van der Waals surface area contributed by atoms with Crippen molar-refractivity contribution in [1.82, 2.24) is 9.97 Å². The lowest BCUT2D eigenvalue weighted by Crippen LogP contribution is -2.30. The van der Waals surface area contributed by atoms with Crippen LogP contribution >= 0.6 is 0 Å². The summed E-state index contributed by atoms with van der Waals surface area (Å²) in [6.45, 7) is 1.72. The molecule has 2 aromatic rings. The summed E-state index contributed by atoms with van der Waals surface area (Å²) in [5.41, 5.74) is 0.0828. The van der Waals surface area contributed by atoms with Crippen molar-refractivity contribution in [3.63, 3.8) is 0 Å². The van der Waals surface area contributed by atoms with Crippen LogP contribution in [0.25, 0.3) is 0 Å². The van der Waals surface area contributed by atoms with Gasteiger partial charge in [-0.05, 0) is 37.5 Å². The first kappa shape index (κ1) is 16.6. The van der Waals surface area contributed by atoms with E-state index in [0.717, 1.165) is 38.1 Å². The summed E-state index contributed by atoms with van der Waals surface area (Å²) in [5.74, 6) is -1.35. The molecule has 0 bridgehead atoms. The first-order valence-corrected chi connectivity index (χ1v) is 8.99. The van der Waals surface area contributed by atoms with Gasteiger partial charge in [-0.1, -0.05) is 0 Å². The predicted octanol–water partition coefficient (Wildman–Crippen LogP) is 2.55. The number of hydrogen-bond donors (Lipinski definition) is 1. The first-order valence-electron chi connectivity index (χ1n) is 7.50. The van der Waals surface area contributed by atoms with Crippen LogP contribution in [0.3, 0.4) is 0 Å². The molecule has 0 spiro atoms. The maximum atomic E-state index is 13.7. The molecule has 6 nitrogen and oxygen atoms in total. The Morgan fingerprint density at radius 3 is 2.38 bits per heavy atom. The van der Waals surface area contributed by atoms with Crippen LogP contribution in [0.15, 0.2) is 35.5 Å². The van der Waals surface area contributed by atoms with Gasteiger partial charge < -0.3 is 4.90 Å². The highest BCUT2D eigenvalue weighted by Crippen LogP contribution is 2.21. The lowest BCUT2D eigenvalue weighted by atomic mass is 10.1. The average Bonchev–Trinajstić information content (AvgIpc) is 2.58. The summed E-state index contributed by atoms with van der Waals surface area (Å²) < 4.78 is 53.3. The van der Waals surface area contributed by atoms with E-state index < -0.39 is 26.6 Å². The average molecular weight is 354 g/mol. The molecule has 2 heterocycles. The van der Waals surface area contributed by atoms with Crippen molar-refractivity contribution < 1.29 is 17.2 Å². The van der Waals surface area contributed by atoms with Gasteiger partial charge in [-0.25, -0.2) is 27.2 Å². The highest BCUT2D eigenvalue weighted by Gasteiger charge is 2.21. The minimum Gasteiger partial charge on any atom is -0.341 e. The maximum Gasteiger partial charge on any atom is 0.265 e. The summed E-state index contributed by atoms with van der Waals surface area (Å²) in [4.78, 5) is 9.54. The largest absolute Gasteiger partial charge is 0.341 e. The molecule has 1 fully saturated rings. The second-order valence-corrected chi connectivity index (χ2v) is 7.15. The van der Waals surface area contributed by atoms with Crippen molar-refractivity contribution in [3.05, 3.63) is 42.2 Å². The predicted molar refractivity (Wildman–Crippen MR) is 85.3 cm³/mol. The zero-order valence-corrected chi connectivity index (χ0v) is 13.6. The Morgan fingerprint density at radius 2 is 1.71 bits per heavy atom. The number of nitrogens with one attached hydrogen (secondary N) is 1. The molecule has 1 aromatic heterocycles. The van der Waals surface area contributed by atoms with Crippen LogP contribution in [0.1, 0.15) is 19.3 Å². The highest BCUT2D eigenvalue weighted by atomic mass is 32.2. The van der Waals surface area contributed by atoms with Crippen LogP contribution in [0.2, 0.25) is 0 Å². The minimum absolute atomic E-state index is 0.0828. The topological polar surface area (TPSA) is 75.2 Å². The van der Waals surface area contributed by atoms with E-state index in [1.165, 1.54) is 18.8 Å². The monoisotopic (exact) mass is 354 g/mol. The third-order valence-corrected chi connectivity index (χ3v) is 5.11. The van der Waals surface area contributed by atoms with Crippen LogP contribution in [0.5, 0.6) is 0 Å². The molecule has 0 saturated carbocycles. The summed E-state index contributed by atoms with van der Waals surface area (Å²) in [5, 5.41) is 0. The third-order valence-electron chi connectivity index (χ3n) is 3.71. The van der Waals surface area contributed by atoms with Crippen LogP contribution in [0, 0.1) is 11.6 Å². The molecule has 1 aliphatic heterocycles. The number of rotatable bonds is 4. The Bertz CT molecular complexity index is 822. The third kappa shape index (κ3) is 3.61. The molecule has 3 rings (SSSR count). The summed E-state index contributed by atoms with van der Waals surface area (Å²) >= 11 is 0. The molecule has 9 heteroatoms. The second-order valence-electron chi connectivity index (χ2n) is 5.50. The number of anilines is 2. The van der Waals surface area contributed by atoms with Gasteiger partial charge in [0, 0.05) is 13.1 Å². The molecule has 1 aromatic carbocycles. The van der Waals surface area contributed by atoms with Gasteiger partial charge in [0.15, 0.2) is 0 Å². The van der Waals surface area contributed by atoms with Crippen molar-refractivity contribution in [1.29, 1.82) is 0 Å². The van der Waals surface area contributed by atoms with Gasteiger partial charge in [-0.2, -0.15) is 0 Å². The lowest BCUT2D eigenvalue weighted by Gasteiger charge is -2.26. The van der Waals surface area contributed by atoms with Gasteiger partial charge in [0.2, 0.25) is 5.95 Å². The molecule has 128 valence electrons. The van der Waals surface area contributed by atoms with Gasteiger partial charge in [-0.3, -0.25) is 4.72 Å². The van der Waals surface area contributed by atoms with Crippen LogP contribution < -0.4 is 9.62 Å². The van der Waals surface area contributed by atoms with E-state index in [9.17, 15) is 17.2 Å². The molecule has 0 aliphatic carbocycles. The van der Waals surface area contributed by atoms with E-state index >= 15 is 0 Å². The van der Waals surface area contributed by atoms with Crippen LogP contribution in [-0.2, 0) is 10.0 Å². The molecule has 0 radical (unpaired) electrons. The maximum absolute atomic E-state index is 13.7. The molecular weight excluding hydrogens is 338 g/mol. The molecule has 1 aliphatic rings. The van der Waals surface area contributed by atoms with E-state index in [0.29, 0.717) is 12.0 Å². The number of hydrogen-bond acceptors (Lipinski definition) is 5. The number of piperidine rings is 1. The van der Waals surface area contributed by atoms with Crippen LogP contribution in [-0.4, -0.2) is 31.5 Å². The van der Waals surface area contributed by atoms with Crippen molar-refractivity contribution in [2.75, 3.05) is 22.7 Å². The zero-order chi connectivity index (χ0) is 17.2. The normalized spacial score (nSPS) is 15.3. The first-order chi connectivity index (χ1) is 11.5. The Labute approximate surface area is 138 Å². The fourth-order valence-corrected chi connectivity index (χ4v) is 3.64. The minimum atomic E-state index is -4.26. The van der Waals surface area contributed by atoms with Gasteiger partial charge in [0.1, 0.15) is 16.5 Å². The number of benzene rings is 1. The van der Waals surface area contributed by atoms with Gasteiger partial charge in [0.05, 0.1) is 18.1 Å². The smallest absolute Gasteiger partial charge is 0.265 e. The zero-order valence-electron chi connectivity index (χ0n) is 12.7. The van der Waals surface area contributed by atoms with E-state index in [1.807, 2.05) is 4.90 Å². The van der Waals surface area contributed by atoms with Gasteiger partial charge >= 0.3 is 0 Å². The standard InChI is InChI=1S/C15H16F2N4O2S/c16-11-4-5-13(17)14(8-11)24(22,23)20-12-9-18-15(19-10-12)21-6-2-1-3-7-21/h4-5,8-10,20H,1-3,6-7H2. The highest BCUT2D eigenvalue weighted by molar-refractivity contribution is 7.92. The molecule has 24 heavy (non-hydrogen) atoms. The van der Waals surface area contributed by atoms with Crippen molar-refractivity contribution >= 4 is 21.7 Å². The fourth-order valence-electron chi connectivity index (χ4n) is 2.52. The quantitative estimate of drug-likeness (QED) is 0.913. The fraction of sp³-hybridized carbons (Fsp3) is 0.333. The SMILES string of the molecule is O=S(=O)(Nc1cnc(N2CCCCC2)nc1)c1cc(F)ccc1F. The van der Waals surface area contributed by atoms with E-state index in [1.54, 1.807) is 0 Å². The van der Waals surface area contributed by atoms with E-state index in [2.05, 4.69) is 14.7 Å². The number of aromatic nitrogens is 2. The van der Waals surface area contributed by atoms with Crippen molar-refractivity contribution in [3.8, 4) is 0 Å².